The van der Waals surface area contributed by atoms with Crippen molar-refractivity contribution in [3.05, 3.63) is 59.2 Å². The van der Waals surface area contributed by atoms with Gasteiger partial charge in [0.1, 0.15) is 5.82 Å². The minimum Gasteiger partial charge on any atom is -0.409 e. The van der Waals surface area contributed by atoms with Crippen LogP contribution >= 0.6 is 0 Å². The van der Waals surface area contributed by atoms with Gasteiger partial charge in [0.15, 0.2) is 5.84 Å². The first kappa shape index (κ1) is 14.4. The van der Waals surface area contributed by atoms with E-state index in [2.05, 4.69) is 20.4 Å². The molecule has 0 aliphatic rings. The molecule has 7 nitrogen and oxygen atoms in total. The molecule has 0 bridgehead atoms. The van der Waals surface area contributed by atoms with Gasteiger partial charge in [-0.15, -0.1) is 0 Å². The Bertz CT molecular complexity index is 685. The fourth-order valence-corrected chi connectivity index (χ4v) is 1.75. The molecular formula is C14H15N5O2. The topological polar surface area (TPSA) is 113 Å². The van der Waals surface area contributed by atoms with E-state index in [1.807, 2.05) is 0 Å². The second-order valence-corrected chi connectivity index (χ2v) is 4.34. The van der Waals surface area contributed by atoms with Crippen molar-refractivity contribution in [2.45, 2.75) is 13.5 Å². The highest BCUT2D eigenvalue weighted by Gasteiger charge is 2.08. The summed E-state index contributed by atoms with van der Waals surface area (Å²) in [5.74, 6) is 0.339. The van der Waals surface area contributed by atoms with Crippen LogP contribution in [0.25, 0.3) is 0 Å². The Morgan fingerprint density at radius 3 is 2.86 bits per heavy atom. The van der Waals surface area contributed by atoms with E-state index in [1.54, 1.807) is 43.5 Å². The van der Waals surface area contributed by atoms with Gasteiger partial charge in [-0.05, 0) is 25.1 Å². The van der Waals surface area contributed by atoms with E-state index in [9.17, 15) is 4.79 Å². The van der Waals surface area contributed by atoms with Crippen molar-refractivity contribution in [1.29, 1.82) is 0 Å². The summed E-state index contributed by atoms with van der Waals surface area (Å²) >= 11 is 0. The van der Waals surface area contributed by atoms with Crippen molar-refractivity contribution in [2.75, 3.05) is 0 Å². The van der Waals surface area contributed by atoms with Gasteiger partial charge in [-0.2, -0.15) is 0 Å². The largest absolute Gasteiger partial charge is 0.409 e. The van der Waals surface area contributed by atoms with Crippen LogP contribution in [-0.2, 0) is 6.54 Å². The zero-order chi connectivity index (χ0) is 15.2. The Labute approximate surface area is 121 Å². The Balaban J connectivity index is 2.07. The quantitative estimate of drug-likeness (QED) is 0.333. The van der Waals surface area contributed by atoms with Crippen molar-refractivity contribution in [2.24, 2.45) is 10.9 Å². The van der Waals surface area contributed by atoms with Crippen LogP contribution in [-0.4, -0.2) is 26.9 Å². The van der Waals surface area contributed by atoms with Gasteiger partial charge >= 0.3 is 0 Å². The smallest absolute Gasteiger partial charge is 0.251 e. The van der Waals surface area contributed by atoms with Crippen molar-refractivity contribution in [1.82, 2.24) is 15.3 Å². The predicted octanol–water partition coefficient (Wildman–Crippen LogP) is 0.810. The van der Waals surface area contributed by atoms with Gasteiger partial charge in [-0.25, -0.2) is 9.97 Å². The third-order valence-corrected chi connectivity index (χ3v) is 2.79. The number of aryl methyl sites for hydroxylation is 1. The Morgan fingerprint density at radius 2 is 2.14 bits per heavy atom. The number of benzene rings is 1. The number of hydrogen-bond acceptors (Lipinski definition) is 5. The molecule has 0 unspecified atom stereocenters. The maximum absolute atomic E-state index is 12.1. The summed E-state index contributed by atoms with van der Waals surface area (Å²) in [6.07, 6.45) is 1.64. The molecule has 1 heterocycles. The van der Waals surface area contributed by atoms with Crippen LogP contribution < -0.4 is 11.1 Å². The minimum atomic E-state index is -0.265. The predicted molar refractivity (Wildman–Crippen MR) is 76.9 cm³/mol. The summed E-state index contributed by atoms with van der Waals surface area (Å²) < 4.78 is 0. The fraction of sp³-hybridized carbons (Fsp3) is 0.143. The molecule has 21 heavy (non-hydrogen) atoms. The molecule has 7 heteroatoms. The van der Waals surface area contributed by atoms with Gasteiger partial charge in [0.2, 0.25) is 0 Å². The zero-order valence-electron chi connectivity index (χ0n) is 11.4. The van der Waals surface area contributed by atoms with Gasteiger partial charge in [-0.3, -0.25) is 4.79 Å². The molecule has 0 atom stereocenters. The van der Waals surface area contributed by atoms with E-state index in [-0.39, 0.29) is 11.7 Å². The SMILES string of the molecule is Cc1nccc(CNC(=O)c2cccc(C(N)=NO)c2)n1. The number of nitrogens with one attached hydrogen (secondary N) is 1. The third kappa shape index (κ3) is 3.75. The van der Waals surface area contributed by atoms with E-state index in [0.717, 1.165) is 5.69 Å². The number of amides is 1. The molecule has 4 N–H and O–H groups in total. The Morgan fingerprint density at radius 1 is 1.38 bits per heavy atom. The molecule has 0 aliphatic carbocycles. The van der Waals surface area contributed by atoms with Crippen LogP contribution in [0.3, 0.4) is 0 Å². The van der Waals surface area contributed by atoms with Crippen molar-refractivity contribution < 1.29 is 10.0 Å². The summed E-state index contributed by atoms with van der Waals surface area (Å²) in [6.45, 7) is 2.09. The summed E-state index contributed by atoms with van der Waals surface area (Å²) in [7, 11) is 0. The first-order valence-corrected chi connectivity index (χ1v) is 6.25. The van der Waals surface area contributed by atoms with Crippen LogP contribution in [0.5, 0.6) is 0 Å². The van der Waals surface area contributed by atoms with Gasteiger partial charge in [0.25, 0.3) is 5.91 Å². The Kier molecular flexibility index (Phi) is 4.45. The van der Waals surface area contributed by atoms with Crippen LogP contribution in [0.2, 0.25) is 0 Å². The summed E-state index contributed by atoms with van der Waals surface area (Å²) in [5, 5.41) is 14.3. The van der Waals surface area contributed by atoms with E-state index < -0.39 is 0 Å². The molecule has 0 radical (unpaired) electrons. The van der Waals surface area contributed by atoms with E-state index in [1.165, 1.54) is 0 Å². The Hall–Kier alpha value is -2.96. The van der Waals surface area contributed by atoms with Gasteiger partial charge in [0, 0.05) is 17.3 Å². The minimum absolute atomic E-state index is 0.0453. The lowest BCUT2D eigenvalue weighted by Gasteiger charge is -2.06. The van der Waals surface area contributed by atoms with Crippen molar-refractivity contribution >= 4 is 11.7 Å². The monoisotopic (exact) mass is 285 g/mol. The highest BCUT2D eigenvalue weighted by atomic mass is 16.4. The lowest BCUT2D eigenvalue weighted by atomic mass is 10.1. The van der Waals surface area contributed by atoms with Crippen LogP contribution in [0.15, 0.2) is 41.7 Å². The zero-order valence-corrected chi connectivity index (χ0v) is 11.4. The maximum atomic E-state index is 12.1. The highest BCUT2D eigenvalue weighted by Crippen LogP contribution is 2.05. The first-order chi connectivity index (χ1) is 10.1. The molecule has 1 amide bonds. The van der Waals surface area contributed by atoms with Crippen molar-refractivity contribution in [3.63, 3.8) is 0 Å². The molecule has 1 aromatic heterocycles. The molecule has 0 saturated heterocycles. The van der Waals surface area contributed by atoms with Crippen LogP contribution in [0.4, 0.5) is 0 Å². The summed E-state index contributed by atoms with van der Waals surface area (Å²) in [5.41, 5.74) is 7.12. The lowest BCUT2D eigenvalue weighted by molar-refractivity contribution is 0.0950. The second kappa shape index (κ2) is 6.47. The first-order valence-electron chi connectivity index (χ1n) is 6.25. The van der Waals surface area contributed by atoms with E-state index in [0.29, 0.717) is 23.5 Å². The van der Waals surface area contributed by atoms with Gasteiger partial charge in [0.05, 0.1) is 12.2 Å². The average Bonchev–Trinajstić information content (AvgIpc) is 2.52. The molecular weight excluding hydrogens is 270 g/mol. The number of oxime groups is 1. The number of aromatic nitrogens is 2. The highest BCUT2D eigenvalue weighted by molar-refractivity contribution is 6.01. The summed E-state index contributed by atoms with van der Waals surface area (Å²) in [4.78, 5) is 20.3. The molecule has 2 rings (SSSR count). The molecule has 108 valence electrons. The number of carbonyl (C=O) groups is 1. The fourth-order valence-electron chi connectivity index (χ4n) is 1.75. The maximum Gasteiger partial charge on any atom is 0.251 e. The third-order valence-electron chi connectivity index (χ3n) is 2.79. The number of carbonyl (C=O) groups excluding carboxylic acids is 1. The number of rotatable bonds is 4. The molecule has 0 fully saturated rings. The molecule has 1 aromatic carbocycles. The average molecular weight is 285 g/mol. The van der Waals surface area contributed by atoms with Crippen LogP contribution in [0.1, 0.15) is 27.4 Å². The second-order valence-electron chi connectivity index (χ2n) is 4.34. The van der Waals surface area contributed by atoms with Gasteiger partial charge in [-0.1, -0.05) is 17.3 Å². The molecule has 2 aromatic rings. The van der Waals surface area contributed by atoms with Gasteiger partial charge < -0.3 is 16.3 Å². The molecule has 0 spiro atoms. The van der Waals surface area contributed by atoms with Crippen molar-refractivity contribution in [3.8, 4) is 0 Å². The standard InChI is InChI=1S/C14H15N5O2/c1-9-16-6-5-12(18-9)8-17-14(20)11-4-2-3-10(7-11)13(15)19-21/h2-7,21H,8H2,1H3,(H2,15,19)(H,17,20). The molecule has 0 saturated carbocycles. The molecule has 0 aliphatic heterocycles. The lowest BCUT2D eigenvalue weighted by Crippen LogP contribution is -2.24. The summed E-state index contributed by atoms with van der Waals surface area (Å²) in [6, 6.07) is 8.25. The van der Waals surface area contributed by atoms with Crippen LogP contribution in [0, 0.1) is 6.92 Å². The number of nitrogens with zero attached hydrogens (tertiary/aromatic N) is 3. The van der Waals surface area contributed by atoms with E-state index >= 15 is 0 Å². The number of nitrogens with two attached hydrogens (primary N) is 1. The number of hydrogen-bond donors (Lipinski definition) is 3. The number of amidine groups is 1. The normalized spacial score (nSPS) is 11.2. The van der Waals surface area contributed by atoms with E-state index in [4.69, 9.17) is 10.9 Å².